The van der Waals surface area contributed by atoms with Crippen molar-refractivity contribution in [3.8, 4) is 0 Å². The molecule has 0 spiro atoms. The Kier molecular flexibility index (Phi) is 4.23. The average Bonchev–Trinajstić information content (AvgIpc) is 2.40. The molecule has 2 aromatic rings. The molecular weight excluding hydrogens is 297 g/mol. The van der Waals surface area contributed by atoms with Crippen LogP contribution in [0.4, 0.5) is 10.1 Å². The summed E-state index contributed by atoms with van der Waals surface area (Å²) in [5.74, 6) is -2.47. The third kappa shape index (κ3) is 3.20. The van der Waals surface area contributed by atoms with Crippen LogP contribution in [0.3, 0.4) is 0 Å². The van der Waals surface area contributed by atoms with Gasteiger partial charge in [0.1, 0.15) is 5.82 Å². The van der Waals surface area contributed by atoms with E-state index in [1.165, 1.54) is 30.3 Å². The lowest BCUT2D eigenvalue weighted by molar-refractivity contribution is 0.0696. The normalized spacial score (nSPS) is 10.2. The highest BCUT2D eigenvalue weighted by atomic mass is 35.5. The summed E-state index contributed by atoms with van der Waals surface area (Å²) in [6.45, 7) is 1.64. The second-order valence-corrected chi connectivity index (χ2v) is 4.79. The molecule has 0 unspecified atom stereocenters. The van der Waals surface area contributed by atoms with Crippen LogP contribution < -0.4 is 5.32 Å². The van der Waals surface area contributed by atoms with Gasteiger partial charge >= 0.3 is 5.97 Å². The van der Waals surface area contributed by atoms with Crippen LogP contribution in [-0.4, -0.2) is 17.0 Å². The number of carboxylic acids is 1. The number of rotatable bonds is 3. The van der Waals surface area contributed by atoms with E-state index in [0.29, 0.717) is 11.3 Å². The fraction of sp³-hybridized carbons (Fsp3) is 0.0667. The predicted molar refractivity (Wildman–Crippen MR) is 77.5 cm³/mol. The number of anilines is 1. The Bertz CT molecular complexity index is 711. The van der Waals surface area contributed by atoms with E-state index in [2.05, 4.69) is 5.32 Å². The SMILES string of the molecule is Cc1cc(C(=O)O)ccc1NC(=O)c1c(F)cccc1Cl. The lowest BCUT2D eigenvalue weighted by Crippen LogP contribution is -2.15. The molecule has 0 aliphatic heterocycles. The highest BCUT2D eigenvalue weighted by Gasteiger charge is 2.17. The van der Waals surface area contributed by atoms with Gasteiger partial charge in [-0.05, 0) is 42.8 Å². The van der Waals surface area contributed by atoms with E-state index < -0.39 is 17.7 Å². The van der Waals surface area contributed by atoms with Crippen molar-refractivity contribution >= 4 is 29.2 Å². The van der Waals surface area contributed by atoms with Crippen LogP contribution in [0.25, 0.3) is 0 Å². The number of hydrogen-bond acceptors (Lipinski definition) is 2. The molecule has 0 bridgehead atoms. The molecule has 0 saturated carbocycles. The number of halogens is 2. The van der Waals surface area contributed by atoms with Crippen LogP contribution in [0.1, 0.15) is 26.3 Å². The van der Waals surface area contributed by atoms with Crippen molar-refractivity contribution in [3.05, 3.63) is 63.9 Å². The minimum absolute atomic E-state index is 0.00677. The smallest absolute Gasteiger partial charge is 0.335 e. The Morgan fingerprint density at radius 1 is 1.24 bits per heavy atom. The van der Waals surface area contributed by atoms with Crippen LogP contribution in [0.5, 0.6) is 0 Å². The summed E-state index contributed by atoms with van der Waals surface area (Å²) in [7, 11) is 0. The quantitative estimate of drug-likeness (QED) is 0.907. The van der Waals surface area contributed by atoms with Crippen molar-refractivity contribution in [2.24, 2.45) is 0 Å². The van der Waals surface area contributed by atoms with Crippen LogP contribution >= 0.6 is 11.6 Å². The molecule has 0 fully saturated rings. The summed E-state index contributed by atoms with van der Waals surface area (Å²) in [4.78, 5) is 22.9. The molecule has 6 heteroatoms. The van der Waals surface area contributed by atoms with Crippen molar-refractivity contribution in [1.29, 1.82) is 0 Å². The number of carbonyl (C=O) groups excluding carboxylic acids is 1. The highest BCUT2D eigenvalue weighted by Crippen LogP contribution is 2.22. The van der Waals surface area contributed by atoms with E-state index in [0.717, 1.165) is 6.07 Å². The Morgan fingerprint density at radius 2 is 1.95 bits per heavy atom. The summed E-state index contributed by atoms with van der Waals surface area (Å²) >= 11 is 5.82. The Balaban J connectivity index is 2.30. The van der Waals surface area contributed by atoms with Gasteiger partial charge in [-0.15, -0.1) is 0 Å². The van der Waals surface area contributed by atoms with Gasteiger partial charge in [0, 0.05) is 5.69 Å². The molecule has 2 N–H and O–H groups in total. The fourth-order valence-electron chi connectivity index (χ4n) is 1.84. The molecule has 0 aromatic heterocycles. The van der Waals surface area contributed by atoms with Crippen molar-refractivity contribution in [1.82, 2.24) is 0 Å². The number of nitrogens with one attached hydrogen (secondary N) is 1. The van der Waals surface area contributed by atoms with Gasteiger partial charge in [-0.25, -0.2) is 9.18 Å². The van der Waals surface area contributed by atoms with Gasteiger partial charge in [-0.3, -0.25) is 4.79 Å². The molecule has 21 heavy (non-hydrogen) atoms. The second kappa shape index (κ2) is 5.93. The van der Waals surface area contributed by atoms with Gasteiger partial charge in [-0.1, -0.05) is 17.7 Å². The molecule has 0 aliphatic rings. The van der Waals surface area contributed by atoms with Crippen LogP contribution in [-0.2, 0) is 0 Å². The molecule has 0 radical (unpaired) electrons. The summed E-state index contributed by atoms with van der Waals surface area (Å²) in [6.07, 6.45) is 0. The first-order valence-corrected chi connectivity index (χ1v) is 6.37. The molecule has 0 saturated heterocycles. The maximum absolute atomic E-state index is 13.7. The lowest BCUT2D eigenvalue weighted by Gasteiger charge is -2.10. The summed E-state index contributed by atoms with van der Waals surface area (Å²) in [5.41, 5.74) is 0.801. The minimum atomic E-state index is -1.06. The first kappa shape index (κ1) is 15.0. The molecule has 0 aliphatic carbocycles. The van der Waals surface area contributed by atoms with Crippen LogP contribution in [0.15, 0.2) is 36.4 Å². The molecule has 1 amide bonds. The van der Waals surface area contributed by atoms with Crippen molar-refractivity contribution in [2.75, 3.05) is 5.32 Å². The predicted octanol–water partition coefficient (Wildman–Crippen LogP) is 3.74. The molecule has 4 nitrogen and oxygen atoms in total. The lowest BCUT2D eigenvalue weighted by atomic mass is 10.1. The summed E-state index contributed by atoms with van der Waals surface area (Å²) in [5, 5.41) is 11.4. The molecule has 2 aromatic carbocycles. The number of amides is 1. The molecule has 2 rings (SSSR count). The number of aryl methyl sites for hydroxylation is 1. The second-order valence-electron chi connectivity index (χ2n) is 4.39. The molecule has 108 valence electrons. The maximum atomic E-state index is 13.7. The maximum Gasteiger partial charge on any atom is 0.335 e. The number of hydrogen-bond donors (Lipinski definition) is 2. The first-order valence-electron chi connectivity index (χ1n) is 5.99. The van der Waals surface area contributed by atoms with E-state index >= 15 is 0 Å². The number of carbonyl (C=O) groups is 2. The topological polar surface area (TPSA) is 66.4 Å². The molecule has 0 heterocycles. The molecule has 0 atom stereocenters. The van der Waals surface area contributed by atoms with E-state index in [-0.39, 0.29) is 16.1 Å². The van der Waals surface area contributed by atoms with Gasteiger partial charge in [-0.2, -0.15) is 0 Å². The Hall–Kier alpha value is -2.40. The van der Waals surface area contributed by atoms with E-state index in [9.17, 15) is 14.0 Å². The van der Waals surface area contributed by atoms with E-state index in [1.54, 1.807) is 6.92 Å². The number of benzene rings is 2. The Morgan fingerprint density at radius 3 is 2.52 bits per heavy atom. The van der Waals surface area contributed by atoms with E-state index in [1.807, 2.05) is 0 Å². The largest absolute Gasteiger partial charge is 0.478 e. The van der Waals surface area contributed by atoms with Gasteiger partial charge in [0.05, 0.1) is 16.1 Å². The monoisotopic (exact) mass is 307 g/mol. The number of aromatic carboxylic acids is 1. The third-order valence-corrected chi connectivity index (χ3v) is 3.23. The Labute approximate surface area is 125 Å². The summed E-state index contributed by atoms with van der Waals surface area (Å²) < 4.78 is 13.7. The van der Waals surface area contributed by atoms with Crippen LogP contribution in [0.2, 0.25) is 5.02 Å². The van der Waals surface area contributed by atoms with Gasteiger partial charge < -0.3 is 10.4 Å². The van der Waals surface area contributed by atoms with Gasteiger partial charge in [0.25, 0.3) is 5.91 Å². The number of carboxylic acid groups (broad SMARTS) is 1. The zero-order valence-electron chi connectivity index (χ0n) is 11.0. The minimum Gasteiger partial charge on any atom is -0.478 e. The molecular formula is C15H11ClFNO3. The average molecular weight is 308 g/mol. The van der Waals surface area contributed by atoms with Gasteiger partial charge in [0.15, 0.2) is 0 Å². The zero-order valence-corrected chi connectivity index (χ0v) is 11.7. The summed E-state index contributed by atoms with van der Waals surface area (Å²) in [6, 6.07) is 8.18. The third-order valence-electron chi connectivity index (χ3n) is 2.91. The standard InChI is InChI=1S/C15H11ClFNO3/c1-8-7-9(15(20)21)5-6-12(8)18-14(19)13-10(16)3-2-4-11(13)17/h2-7H,1H3,(H,18,19)(H,20,21). The highest BCUT2D eigenvalue weighted by molar-refractivity contribution is 6.34. The van der Waals surface area contributed by atoms with Crippen molar-refractivity contribution in [2.45, 2.75) is 6.92 Å². The van der Waals surface area contributed by atoms with Crippen molar-refractivity contribution < 1.29 is 19.1 Å². The van der Waals surface area contributed by atoms with Crippen molar-refractivity contribution in [3.63, 3.8) is 0 Å². The van der Waals surface area contributed by atoms with Crippen LogP contribution in [0, 0.1) is 12.7 Å². The fourth-order valence-corrected chi connectivity index (χ4v) is 2.09. The zero-order chi connectivity index (χ0) is 15.6. The first-order chi connectivity index (χ1) is 9.90. The van der Waals surface area contributed by atoms with Gasteiger partial charge in [0.2, 0.25) is 0 Å². The van der Waals surface area contributed by atoms with E-state index in [4.69, 9.17) is 16.7 Å².